The zero-order valence-electron chi connectivity index (χ0n) is 12.5. The molecular formula is C17H15N3O2S. The minimum atomic E-state index is -0.170. The molecule has 0 aliphatic rings. The van der Waals surface area contributed by atoms with E-state index >= 15 is 0 Å². The van der Waals surface area contributed by atoms with Crippen LogP contribution < -0.4 is 5.43 Å². The third-order valence-corrected chi connectivity index (χ3v) is 4.14. The highest BCUT2D eigenvalue weighted by molar-refractivity contribution is 8.00. The molecule has 0 aliphatic carbocycles. The molecule has 3 aromatic rings. The van der Waals surface area contributed by atoms with Gasteiger partial charge in [-0.3, -0.25) is 9.78 Å². The van der Waals surface area contributed by atoms with Crippen molar-refractivity contribution in [2.45, 2.75) is 11.8 Å². The average molecular weight is 325 g/mol. The molecule has 0 spiro atoms. The Kier molecular flexibility index (Phi) is 4.73. The molecule has 6 heteroatoms. The van der Waals surface area contributed by atoms with Crippen LogP contribution in [-0.2, 0) is 4.79 Å². The second-order valence-electron chi connectivity index (χ2n) is 4.88. The number of carbonyl (C=O) groups excluding carboxylic acids is 1. The van der Waals surface area contributed by atoms with Gasteiger partial charge in [0.2, 0.25) is 5.91 Å². The summed E-state index contributed by atoms with van der Waals surface area (Å²) >= 11 is 1.47. The van der Waals surface area contributed by atoms with E-state index in [-0.39, 0.29) is 11.7 Å². The molecule has 0 unspecified atom stereocenters. The Hall–Kier alpha value is -2.60. The molecule has 0 saturated carbocycles. The lowest BCUT2D eigenvalue weighted by molar-refractivity contribution is -0.118. The normalized spacial score (nSPS) is 11.2. The van der Waals surface area contributed by atoms with Crippen LogP contribution in [0.3, 0.4) is 0 Å². The van der Waals surface area contributed by atoms with E-state index in [0.717, 1.165) is 21.5 Å². The number of nitrogens with one attached hydrogen (secondary N) is 1. The second kappa shape index (κ2) is 7.11. The van der Waals surface area contributed by atoms with Crippen LogP contribution in [0, 0.1) is 6.92 Å². The number of aromatic nitrogens is 1. The minimum absolute atomic E-state index is 0.170. The van der Waals surface area contributed by atoms with Crippen molar-refractivity contribution in [1.82, 2.24) is 10.4 Å². The Morgan fingerprint density at radius 1 is 1.35 bits per heavy atom. The maximum atomic E-state index is 11.9. The minimum Gasteiger partial charge on any atom is -0.463 e. The zero-order valence-corrected chi connectivity index (χ0v) is 13.3. The second-order valence-corrected chi connectivity index (χ2v) is 5.89. The van der Waals surface area contributed by atoms with Crippen molar-refractivity contribution in [1.29, 1.82) is 0 Å². The number of para-hydroxylation sites is 1. The average Bonchev–Trinajstić information content (AvgIpc) is 3.06. The quantitative estimate of drug-likeness (QED) is 0.444. The number of aryl methyl sites for hydroxylation is 1. The number of nitrogens with zero attached hydrogens (tertiary/aromatic N) is 2. The van der Waals surface area contributed by atoms with Crippen LogP contribution in [0.15, 0.2) is 63.1 Å². The molecule has 1 N–H and O–H groups in total. The molecule has 0 bridgehead atoms. The summed E-state index contributed by atoms with van der Waals surface area (Å²) < 4.78 is 5.09. The van der Waals surface area contributed by atoms with Crippen molar-refractivity contribution >= 4 is 34.8 Å². The van der Waals surface area contributed by atoms with E-state index in [1.54, 1.807) is 18.4 Å². The van der Waals surface area contributed by atoms with Crippen molar-refractivity contribution in [3.8, 4) is 0 Å². The van der Waals surface area contributed by atoms with Gasteiger partial charge >= 0.3 is 0 Å². The van der Waals surface area contributed by atoms with E-state index in [9.17, 15) is 4.79 Å². The Labute approximate surface area is 137 Å². The summed E-state index contributed by atoms with van der Waals surface area (Å²) in [5.41, 5.74) is 4.36. The Morgan fingerprint density at radius 3 is 3.04 bits per heavy atom. The van der Waals surface area contributed by atoms with Crippen LogP contribution in [0.2, 0.25) is 0 Å². The van der Waals surface area contributed by atoms with Crippen LogP contribution >= 0.6 is 11.8 Å². The highest BCUT2D eigenvalue weighted by Crippen LogP contribution is 2.27. The van der Waals surface area contributed by atoms with Crippen molar-refractivity contribution in [3.63, 3.8) is 0 Å². The molecule has 0 fully saturated rings. The Balaban J connectivity index is 1.63. The highest BCUT2D eigenvalue weighted by atomic mass is 32.2. The lowest BCUT2D eigenvalue weighted by Crippen LogP contribution is -2.19. The summed E-state index contributed by atoms with van der Waals surface area (Å²) in [6, 6.07) is 13.4. The van der Waals surface area contributed by atoms with Gasteiger partial charge in [0.15, 0.2) is 0 Å². The van der Waals surface area contributed by atoms with Crippen molar-refractivity contribution < 1.29 is 9.21 Å². The van der Waals surface area contributed by atoms with Crippen molar-refractivity contribution in [2.24, 2.45) is 5.10 Å². The molecule has 0 atom stereocenters. The molecule has 0 aliphatic heterocycles. The van der Waals surface area contributed by atoms with Gasteiger partial charge in [-0.2, -0.15) is 5.10 Å². The molecule has 3 rings (SSSR count). The molecular weight excluding hydrogens is 310 g/mol. The lowest BCUT2D eigenvalue weighted by Gasteiger charge is -2.07. The molecule has 2 heterocycles. The van der Waals surface area contributed by atoms with Crippen LogP contribution in [0.1, 0.15) is 11.5 Å². The summed E-state index contributed by atoms with van der Waals surface area (Å²) in [5.74, 6) is 0.702. The van der Waals surface area contributed by atoms with E-state index in [0.29, 0.717) is 5.76 Å². The first-order chi connectivity index (χ1) is 11.2. The fraction of sp³-hybridized carbons (Fsp3) is 0.118. The maximum absolute atomic E-state index is 11.9. The number of carbonyl (C=O) groups is 1. The van der Waals surface area contributed by atoms with Crippen molar-refractivity contribution in [3.05, 3.63) is 60.2 Å². The number of benzene rings is 1. The first-order valence-electron chi connectivity index (χ1n) is 7.07. The predicted molar refractivity (Wildman–Crippen MR) is 91.6 cm³/mol. The van der Waals surface area contributed by atoms with E-state index in [1.165, 1.54) is 18.0 Å². The molecule has 2 aromatic heterocycles. The summed E-state index contributed by atoms with van der Waals surface area (Å²) in [6.45, 7) is 1.95. The number of pyridine rings is 1. The van der Waals surface area contributed by atoms with E-state index < -0.39 is 0 Å². The number of thioether (sulfide) groups is 1. The Morgan fingerprint density at radius 2 is 2.22 bits per heavy atom. The number of hydrogen-bond donors (Lipinski definition) is 1. The van der Waals surface area contributed by atoms with Gasteiger partial charge < -0.3 is 4.42 Å². The van der Waals surface area contributed by atoms with Gasteiger partial charge in [0.25, 0.3) is 0 Å². The fourth-order valence-corrected chi connectivity index (χ4v) is 3.03. The maximum Gasteiger partial charge on any atom is 0.250 e. The largest absolute Gasteiger partial charge is 0.463 e. The first kappa shape index (κ1) is 15.3. The molecule has 5 nitrogen and oxygen atoms in total. The van der Waals surface area contributed by atoms with Gasteiger partial charge in [-0.05, 0) is 31.2 Å². The fourth-order valence-electron chi connectivity index (χ4n) is 2.10. The topological polar surface area (TPSA) is 67.5 Å². The first-order valence-corrected chi connectivity index (χ1v) is 8.05. The van der Waals surface area contributed by atoms with Crippen LogP contribution in [0.25, 0.3) is 10.9 Å². The molecule has 116 valence electrons. The summed E-state index contributed by atoms with van der Waals surface area (Å²) in [7, 11) is 0. The lowest BCUT2D eigenvalue weighted by atomic mass is 10.2. The molecule has 0 saturated heterocycles. The smallest absolute Gasteiger partial charge is 0.250 e. The third kappa shape index (κ3) is 3.98. The summed E-state index contributed by atoms with van der Waals surface area (Å²) in [6.07, 6.45) is 3.02. The number of fused-ring (bicyclic) bond motifs is 1. The van der Waals surface area contributed by atoms with E-state index in [4.69, 9.17) is 4.42 Å². The summed E-state index contributed by atoms with van der Waals surface area (Å²) in [5, 5.41) is 4.91. The van der Waals surface area contributed by atoms with Gasteiger partial charge in [-0.1, -0.05) is 18.2 Å². The van der Waals surface area contributed by atoms with E-state index in [1.807, 2.05) is 37.3 Å². The highest BCUT2D eigenvalue weighted by Gasteiger charge is 2.07. The SMILES string of the molecule is Cc1cc(SCC(=O)N/N=C/c2ccco2)c2ccccc2n1. The number of hydrogen-bond acceptors (Lipinski definition) is 5. The number of rotatable bonds is 5. The number of amides is 1. The predicted octanol–water partition coefficient (Wildman–Crippen LogP) is 3.38. The summed E-state index contributed by atoms with van der Waals surface area (Å²) in [4.78, 5) is 17.4. The van der Waals surface area contributed by atoms with Crippen LogP contribution in [-0.4, -0.2) is 22.9 Å². The Bertz CT molecular complexity index is 844. The third-order valence-electron chi connectivity index (χ3n) is 3.09. The van der Waals surface area contributed by atoms with Crippen LogP contribution in [0.4, 0.5) is 0 Å². The van der Waals surface area contributed by atoms with Crippen LogP contribution in [0.5, 0.6) is 0 Å². The van der Waals surface area contributed by atoms with Crippen molar-refractivity contribution in [2.75, 3.05) is 5.75 Å². The number of furan rings is 1. The van der Waals surface area contributed by atoms with Gasteiger partial charge in [0.1, 0.15) is 5.76 Å². The monoisotopic (exact) mass is 325 g/mol. The van der Waals surface area contributed by atoms with E-state index in [2.05, 4.69) is 15.5 Å². The molecule has 0 radical (unpaired) electrons. The van der Waals surface area contributed by atoms with Gasteiger partial charge in [-0.15, -0.1) is 11.8 Å². The van der Waals surface area contributed by atoms with Gasteiger partial charge in [-0.25, -0.2) is 5.43 Å². The standard InChI is InChI=1S/C17H15N3O2S/c1-12-9-16(14-6-2-3-7-15(14)19-12)23-11-17(21)20-18-10-13-5-4-8-22-13/h2-10H,11H2,1H3,(H,20,21)/b18-10+. The van der Waals surface area contributed by atoms with Gasteiger partial charge in [0.05, 0.1) is 23.7 Å². The zero-order chi connectivity index (χ0) is 16.1. The molecule has 1 amide bonds. The molecule has 23 heavy (non-hydrogen) atoms. The van der Waals surface area contributed by atoms with Gasteiger partial charge in [0, 0.05) is 16.0 Å². The number of hydrazone groups is 1. The molecule has 1 aromatic carbocycles.